The normalized spacial score (nSPS) is 9.37. The van der Waals surface area contributed by atoms with Crippen molar-refractivity contribution in [1.29, 1.82) is 0 Å². The molecule has 0 aromatic carbocycles. The molecule has 0 aliphatic carbocycles. The first-order valence-electron chi connectivity index (χ1n) is 5.39. The largest absolute Gasteiger partial charge is 0.325 e. The number of hydrogen-bond acceptors (Lipinski definition) is 2. The van der Waals surface area contributed by atoms with Gasteiger partial charge in [-0.3, -0.25) is 0 Å². The molecule has 0 bridgehead atoms. The van der Waals surface area contributed by atoms with E-state index in [1.165, 1.54) is 25.7 Å². The van der Waals surface area contributed by atoms with Gasteiger partial charge in [-0.25, -0.2) is 0 Å². The number of unbranched alkanes of at least 4 members (excludes halogenated alkanes) is 2. The van der Waals surface area contributed by atoms with Crippen LogP contribution in [0.5, 0.6) is 0 Å². The summed E-state index contributed by atoms with van der Waals surface area (Å²) in [6.45, 7) is 1.11. The van der Waals surface area contributed by atoms with Crippen molar-refractivity contribution in [2.24, 2.45) is 0 Å². The zero-order chi connectivity index (χ0) is 15.8. The van der Waals surface area contributed by atoms with Crippen LogP contribution in [0, 0.1) is 0 Å². The maximum absolute atomic E-state index is 7.56. The number of hydrogen-bond donors (Lipinski definition) is 6. The Morgan fingerprint density at radius 3 is 0.632 bits per heavy atom. The van der Waals surface area contributed by atoms with Crippen LogP contribution >= 0.6 is 13.4 Å². The maximum Gasteiger partial charge on any atom is 0.319 e. The predicted octanol–water partition coefficient (Wildman–Crippen LogP) is 1.61. The first-order chi connectivity index (χ1) is 7.83. The van der Waals surface area contributed by atoms with Crippen molar-refractivity contribution in [3.05, 3.63) is 0 Å². The van der Waals surface area contributed by atoms with E-state index in [2.05, 4.69) is 51.3 Å². The summed E-state index contributed by atoms with van der Waals surface area (Å²) < 4.78 is 0. The second kappa shape index (κ2) is 22.2. The second-order valence-electron chi connectivity index (χ2n) is 3.03. The van der Waals surface area contributed by atoms with E-state index in [4.69, 9.17) is 29.4 Å². The van der Waals surface area contributed by atoms with Crippen LogP contribution in [0.25, 0.3) is 0 Å². The van der Waals surface area contributed by atoms with Gasteiger partial charge in [0.2, 0.25) is 0 Å². The van der Waals surface area contributed by atoms with Gasteiger partial charge in [0, 0.05) is 24.4 Å². The molecule has 0 aromatic rings. The third-order valence-corrected chi connectivity index (χ3v) is 1.000. The molecule has 0 saturated carbocycles. The number of rotatable bonds is 2. The van der Waals surface area contributed by atoms with Gasteiger partial charge in [0.25, 0.3) is 0 Å². The quantitative estimate of drug-likeness (QED) is 0.268. The zero-order valence-electron chi connectivity index (χ0n) is 11.7. The van der Waals surface area contributed by atoms with Gasteiger partial charge in [-0.1, -0.05) is 53.4 Å². The summed E-state index contributed by atoms with van der Waals surface area (Å²) in [4.78, 5) is 45.3. The summed E-state index contributed by atoms with van der Waals surface area (Å²) in [6.07, 6.45) is 5.28. The van der Waals surface area contributed by atoms with Crippen LogP contribution in [-0.2, 0) is 23.6 Å². The predicted molar refractivity (Wildman–Crippen MR) is 88.8 cm³/mol. The summed E-state index contributed by atoms with van der Waals surface area (Å²) in [5.41, 5.74) is 0. The van der Waals surface area contributed by atoms with Gasteiger partial charge in [-0.15, -0.1) is 0 Å². The van der Waals surface area contributed by atoms with E-state index in [1.54, 1.807) is 0 Å². The Kier molecular flexibility index (Phi) is 38.2. The van der Waals surface area contributed by atoms with Crippen molar-refractivity contribution < 1.29 is 29.4 Å². The molecule has 3 radical (unpaired) electrons. The van der Waals surface area contributed by atoms with Gasteiger partial charge in [0.1, 0.15) is 0 Å². The zero-order valence-corrected chi connectivity index (χ0v) is 17.6. The Morgan fingerprint density at radius 1 is 0.579 bits per heavy atom. The molecule has 6 nitrogen and oxygen atoms in total. The first-order valence-corrected chi connectivity index (χ1v) is 10.7. The first kappa shape index (κ1) is 32.7. The Hall–Kier alpha value is 1.88. The van der Waals surface area contributed by atoms with Crippen LogP contribution in [0.1, 0.15) is 53.4 Å². The average molecular weight is 466 g/mol. The van der Waals surface area contributed by atoms with Crippen molar-refractivity contribution in [2.75, 3.05) is 0 Å². The summed E-state index contributed by atoms with van der Waals surface area (Å²) >= 11 is 7.21. The van der Waals surface area contributed by atoms with Crippen molar-refractivity contribution >= 4 is 61.5 Å². The fourth-order valence-electron chi connectivity index (χ4n) is 0. The van der Waals surface area contributed by atoms with E-state index in [0.717, 1.165) is 0 Å². The summed E-state index contributed by atoms with van der Waals surface area (Å²) in [7, 11) is 0. The Morgan fingerprint density at radius 2 is 0.632 bits per heavy atom. The Bertz CT molecular complexity index is 189. The molecule has 0 spiro atoms. The molecule has 0 amide bonds. The minimum absolute atomic E-state index is 0. The molecule has 0 rings (SSSR count). The van der Waals surface area contributed by atoms with Crippen molar-refractivity contribution in [3.8, 4) is 0 Å². The molecule has 0 atom stereocenters. The van der Waals surface area contributed by atoms with Crippen molar-refractivity contribution in [2.45, 2.75) is 53.4 Å². The molecule has 0 aromatic heterocycles. The molecule has 19 heavy (non-hydrogen) atoms. The van der Waals surface area contributed by atoms with Crippen LogP contribution in [0.4, 0.5) is 0 Å². The SMILES string of the molecule is CCCC.CCCC.OP(O)(O)=S.OP(O)(O)=S.[Sb]. The van der Waals surface area contributed by atoms with Crippen LogP contribution in [0.3, 0.4) is 0 Å². The fraction of sp³-hybridized carbons (Fsp3) is 1.00. The maximum atomic E-state index is 7.56. The molecule has 6 N–H and O–H groups in total. The molecular formula is C8H26O6P2S2Sb. The van der Waals surface area contributed by atoms with Crippen LogP contribution in [0.15, 0.2) is 0 Å². The minimum atomic E-state index is -3.81. The van der Waals surface area contributed by atoms with E-state index in [0.29, 0.717) is 0 Å². The van der Waals surface area contributed by atoms with Crippen molar-refractivity contribution in [1.82, 2.24) is 0 Å². The topological polar surface area (TPSA) is 121 Å². The average Bonchev–Trinajstić information content (AvgIpc) is 2.12. The molecule has 11 heteroatoms. The molecule has 0 unspecified atom stereocenters. The summed E-state index contributed by atoms with van der Waals surface area (Å²) in [6, 6.07) is 0. The molecule has 0 saturated heterocycles. The third kappa shape index (κ3) is 422. The fourth-order valence-corrected chi connectivity index (χ4v) is 0. The van der Waals surface area contributed by atoms with E-state index in [-0.39, 0.29) is 24.4 Å². The second-order valence-corrected chi connectivity index (χ2v) is 8.02. The monoisotopic (exact) mass is 465 g/mol. The molecule has 0 heterocycles. The van der Waals surface area contributed by atoms with Crippen LogP contribution in [-0.4, -0.2) is 53.8 Å². The van der Waals surface area contributed by atoms with E-state index in [1.807, 2.05) is 0 Å². The molecule has 0 aliphatic rings. The molecule has 0 fully saturated rings. The standard InChI is InChI=1S/2C4H10.2H3O3PS.Sb/c2*1-3-4-2;2*1-4(2,3)5;/h2*3-4H2,1-2H3;2*(H3,1,2,3,5);. The molecule has 0 aliphatic heterocycles. The Labute approximate surface area is 143 Å². The van der Waals surface area contributed by atoms with Crippen molar-refractivity contribution in [3.63, 3.8) is 0 Å². The van der Waals surface area contributed by atoms with E-state index < -0.39 is 13.4 Å². The van der Waals surface area contributed by atoms with Gasteiger partial charge < -0.3 is 29.4 Å². The molecule has 121 valence electrons. The summed E-state index contributed by atoms with van der Waals surface area (Å²) in [5.74, 6) is 0. The minimum Gasteiger partial charge on any atom is -0.325 e. The molecular weight excluding hydrogens is 440 g/mol. The van der Waals surface area contributed by atoms with E-state index >= 15 is 0 Å². The van der Waals surface area contributed by atoms with Gasteiger partial charge in [-0.05, 0) is 23.6 Å². The van der Waals surface area contributed by atoms with Gasteiger partial charge in [0.15, 0.2) is 0 Å². The third-order valence-electron chi connectivity index (χ3n) is 1.000. The van der Waals surface area contributed by atoms with Crippen LogP contribution < -0.4 is 0 Å². The Balaban J connectivity index is -0.0000000453. The van der Waals surface area contributed by atoms with Gasteiger partial charge in [0.05, 0.1) is 0 Å². The summed E-state index contributed by atoms with van der Waals surface area (Å²) in [5, 5.41) is 0. The van der Waals surface area contributed by atoms with Crippen LogP contribution in [0.2, 0.25) is 0 Å². The van der Waals surface area contributed by atoms with Gasteiger partial charge >= 0.3 is 13.4 Å². The van der Waals surface area contributed by atoms with Gasteiger partial charge in [-0.2, -0.15) is 0 Å². The smallest absolute Gasteiger partial charge is 0.319 e. The van der Waals surface area contributed by atoms with E-state index in [9.17, 15) is 0 Å².